The summed E-state index contributed by atoms with van der Waals surface area (Å²) in [6.45, 7) is 7.66. The molecule has 0 fully saturated rings. The minimum absolute atomic E-state index is 0.0791. The zero-order chi connectivity index (χ0) is 13.7. The monoisotopic (exact) mass is 257 g/mol. The van der Waals surface area contributed by atoms with Crippen LogP contribution in [0, 0.1) is 6.57 Å². The summed E-state index contributed by atoms with van der Waals surface area (Å²) in [5, 5.41) is 3.81. The fourth-order valence-electron chi connectivity index (χ4n) is 1.96. The first-order chi connectivity index (χ1) is 9.24. The minimum atomic E-state index is -0.121. The molecule has 1 amide bonds. The average Bonchev–Trinajstić information content (AvgIpc) is 2.81. The standard InChI is InChI=1S/C14H15N3O2/c1-15-11-3-4-13-12(7-11)10(8-17-13)5-6-16-14(18)9-19-2/h3-4,7-8,17H,5-6,9H2,2H3,(H,16,18). The molecule has 0 saturated carbocycles. The first-order valence-corrected chi connectivity index (χ1v) is 5.97. The first-order valence-electron chi connectivity index (χ1n) is 5.97. The van der Waals surface area contributed by atoms with E-state index in [1.165, 1.54) is 7.11 Å². The molecule has 2 rings (SSSR count). The Morgan fingerprint density at radius 3 is 3.11 bits per heavy atom. The Balaban J connectivity index is 2.05. The summed E-state index contributed by atoms with van der Waals surface area (Å²) in [7, 11) is 1.49. The molecule has 1 aromatic carbocycles. The molecule has 2 aromatic rings. The molecule has 2 N–H and O–H groups in total. The van der Waals surface area contributed by atoms with Crippen LogP contribution in [0.3, 0.4) is 0 Å². The molecule has 0 saturated heterocycles. The molecule has 5 heteroatoms. The zero-order valence-electron chi connectivity index (χ0n) is 10.7. The van der Waals surface area contributed by atoms with Gasteiger partial charge in [-0.25, -0.2) is 4.85 Å². The van der Waals surface area contributed by atoms with Crippen LogP contribution in [-0.4, -0.2) is 31.2 Å². The van der Waals surface area contributed by atoms with Gasteiger partial charge in [0, 0.05) is 25.4 Å². The van der Waals surface area contributed by atoms with Crippen molar-refractivity contribution in [2.24, 2.45) is 0 Å². The predicted molar refractivity (Wildman–Crippen MR) is 73.2 cm³/mol. The van der Waals surface area contributed by atoms with Crippen molar-refractivity contribution >= 4 is 22.5 Å². The van der Waals surface area contributed by atoms with E-state index in [9.17, 15) is 4.79 Å². The van der Waals surface area contributed by atoms with Crippen LogP contribution in [-0.2, 0) is 16.0 Å². The Hall–Kier alpha value is -2.32. The van der Waals surface area contributed by atoms with Gasteiger partial charge >= 0.3 is 0 Å². The number of ether oxygens (including phenoxy) is 1. The normalized spacial score (nSPS) is 10.3. The van der Waals surface area contributed by atoms with Gasteiger partial charge in [-0.1, -0.05) is 6.07 Å². The van der Waals surface area contributed by atoms with E-state index in [2.05, 4.69) is 15.1 Å². The lowest BCUT2D eigenvalue weighted by atomic mass is 10.1. The van der Waals surface area contributed by atoms with Crippen LogP contribution >= 0.6 is 0 Å². The summed E-state index contributed by atoms with van der Waals surface area (Å²) in [4.78, 5) is 17.8. The number of carbonyl (C=O) groups is 1. The number of rotatable bonds is 5. The maximum Gasteiger partial charge on any atom is 0.245 e. The highest BCUT2D eigenvalue weighted by molar-refractivity contribution is 5.86. The number of methoxy groups -OCH3 is 1. The van der Waals surface area contributed by atoms with Crippen LogP contribution in [0.15, 0.2) is 24.4 Å². The Morgan fingerprint density at radius 2 is 2.37 bits per heavy atom. The van der Waals surface area contributed by atoms with Crippen LogP contribution in [0.1, 0.15) is 5.56 Å². The molecule has 0 aliphatic heterocycles. The highest BCUT2D eigenvalue weighted by Crippen LogP contribution is 2.24. The molecule has 0 aliphatic carbocycles. The molecule has 0 spiro atoms. The van der Waals surface area contributed by atoms with Gasteiger partial charge in [-0.05, 0) is 29.5 Å². The molecule has 0 radical (unpaired) electrons. The third-order valence-corrected chi connectivity index (χ3v) is 2.87. The number of nitrogens with zero attached hydrogens (tertiary/aromatic N) is 1. The van der Waals surface area contributed by atoms with Crippen molar-refractivity contribution in [1.29, 1.82) is 0 Å². The number of aromatic amines is 1. The lowest BCUT2D eigenvalue weighted by molar-refractivity contribution is -0.124. The Kier molecular flexibility index (Phi) is 4.16. The van der Waals surface area contributed by atoms with Gasteiger partial charge in [0.2, 0.25) is 5.91 Å². The van der Waals surface area contributed by atoms with Crippen molar-refractivity contribution in [2.75, 3.05) is 20.3 Å². The molecule has 0 unspecified atom stereocenters. The van der Waals surface area contributed by atoms with Crippen LogP contribution in [0.4, 0.5) is 5.69 Å². The number of hydrogen-bond acceptors (Lipinski definition) is 2. The van der Waals surface area contributed by atoms with Crippen molar-refractivity contribution in [3.63, 3.8) is 0 Å². The summed E-state index contributed by atoms with van der Waals surface area (Å²) in [5.41, 5.74) is 2.72. The molecule has 19 heavy (non-hydrogen) atoms. The molecule has 0 bridgehead atoms. The highest BCUT2D eigenvalue weighted by atomic mass is 16.5. The van der Waals surface area contributed by atoms with Crippen LogP contribution in [0.2, 0.25) is 0 Å². The number of benzene rings is 1. The number of hydrogen-bond donors (Lipinski definition) is 2. The molecule has 5 nitrogen and oxygen atoms in total. The zero-order valence-corrected chi connectivity index (χ0v) is 10.7. The highest BCUT2D eigenvalue weighted by Gasteiger charge is 2.05. The lowest BCUT2D eigenvalue weighted by Crippen LogP contribution is -2.28. The van der Waals surface area contributed by atoms with Crippen molar-refractivity contribution in [2.45, 2.75) is 6.42 Å². The first kappa shape index (κ1) is 13.1. The van der Waals surface area contributed by atoms with Gasteiger partial charge in [0.05, 0.1) is 6.57 Å². The lowest BCUT2D eigenvalue weighted by Gasteiger charge is -2.03. The van der Waals surface area contributed by atoms with Crippen LogP contribution in [0.5, 0.6) is 0 Å². The van der Waals surface area contributed by atoms with Crippen molar-refractivity contribution in [1.82, 2.24) is 10.3 Å². The van der Waals surface area contributed by atoms with Crippen molar-refractivity contribution < 1.29 is 9.53 Å². The Morgan fingerprint density at radius 1 is 1.53 bits per heavy atom. The van der Waals surface area contributed by atoms with Crippen LogP contribution in [0.25, 0.3) is 15.7 Å². The smallest absolute Gasteiger partial charge is 0.245 e. The van der Waals surface area contributed by atoms with E-state index in [0.29, 0.717) is 12.2 Å². The second kappa shape index (κ2) is 6.03. The second-order valence-electron chi connectivity index (χ2n) is 4.19. The van der Waals surface area contributed by atoms with Gasteiger partial charge in [-0.2, -0.15) is 0 Å². The maximum absolute atomic E-state index is 11.3. The predicted octanol–water partition coefficient (Wildman–Crippen LogP) is 2.02. The number of aromatic nitrogens is 1. The summed E-state index contributed by atoms with van der Waals surface area (Å²) in [6, 6.07) is 5.55. The Labute approximate surface area is 111 Å². The summed E-state index contributed by atoms with van der Waals surface area (Å²) in [5.74, 6) is -0.121. The summed E-state index contributed by atoms with van der Waals surface area (Å²) < 4.78 is 4.74. The fraction of sp³-hybridized carbons (Fsp3) is 0.286. The Bertz CT molecular complexity index is 625. The molecule has 98 valence electrons. The topological polar surface area (TPSA) is 58.5 Å². The minimum Gasteiger partial charge on any atom is -0.375 e. The molecule has 1 heterocycles. The number of carbonyl (C=O) groups excluding carboxylic acids is 1. The largest absolute Gasteiger partial charge is 0.375 e. The maximum atomic E-state index is 11.3. The summed E-state index contributed by atoms with van der Waals surface area (Å²) in [6.07, 6.45) is 2.64. The van der Waals surface area contributed by atoms with E-state index >= 15 is 0 Å². The van der Waals surface area contributed by atoms with E-state index in [-0.39, 0.29) is 12.5 Å². The summed E-state index contributed by atoms with van der Waals surface area (Å²) >= 11 is 0. The molecule has 1 aromatic heterocycles. The SMILES string of the molecule is [C-]#[N+]c1ccc2[nH]cc(CCNC(=O)COC)c2c1. The van der Waals surface area contributed by atoms with E-state index in [0.717, 1.165) is 22.9 Å². The van der Waals surface area contributed by atoms with Crippen molar-refractivity contribution in [3.8, 4) is 0 Å². The van der Waals surface area contributed by atoms with Gasteiger partial charge in [0.1, 0.15) is 6.61 Å². The van der Waals surface area contributed by atoms with Gasteiger partial charge in [0.25, 0.3) is 0 Å². The molecule has 0 atom stereocenters. The van der Waals surface area contributed by atoms with Gasteiger partial charge in [-0.15, -0.1) is 0 Å². The average molecular weight is 257 g/mol. The number of nitrogens with one attached hydrogen (secondary N) is 2. The molecular formula is C14H15N3O2. The van der Waals surface area contributed by atoms with Gasteiger partial charge in [-0.3, -0.25) is 4.79 Å². The van der Waals surface area contributed by atoms with E-state index < -0.39 is 0 Å². The molecular weight excluding hydrogens is 242 g/mol. The third kappa shape index (κ3) is 3.12. The van der Waals surface area contributed by atoms with Crippen molar-refractivity contribution in [3.05, 3.63) is 41.4 Å². The third-order valence-electron chi connectivity index (χ3n) is 2.87. The quantitative estimate of drug-likeness (QED) is 0.805. The van der Waals surface area contributed by atoms with Gasteiger partial charge < -0.3 is 15.0 Å². The number of amides is 1. The van der Waals surface area contributed by atoms with E-state index in [4.69, 9.17) is 11.3 Å². The van der Waals surface area contributed by atoms with E-state index in [1.54, 1.807) is 6.07 Å². The van der Waals surface area contributed by atoms with Gasteiger partial charge in [0.15, 0.2) is 5.69 Å². The fourth-order valence-corrected chi connectivity index (χ4v) is 1.96. The van der Waals surface area contributed by atoms with E-state index in [1.807, 2.05) is 18.3 Å². The second-order valence-corrected chi connectivity index (χ2v) is 4.19. The van der Waals surface area contributed by atoms with Crippen LogP contribution < -0.4 is 5.32 Å². The number of H-pyrrole nitrogens is 1. The number of fused-ring (bicyclic) bond motifs is 1. The molecule has 0 aliphatic rings.